The molecule has 0 heterocycles. The van der Waals surface area contributed by atoms with Crippen molar-refractivity contribution in [1.82, 2.24) is 5.32 Å². The monoisotopic (exact) mass is 870 g/mol. The van der Waals surface area contributed by atoms with E-state index in [1.54, 1.807) is 0 Å². The van der Waals surface area contributed by atoms with Crippen molar-refractivity contribution in [2.45, 2.75) is 289 Å². The number of ether oxygens (including phenoxy) is 1. The van der Waals surface area contributed by atoms with Crippen LogP contribution in [0.5, 0.6) is 0 Å². The fourth-order valence-corrected chi connectivity index (χ4v) is 8.21. The molecule has 0 saturated heterocycles. The molecular weight excluding hydrogens is 767 g/mol. The van der Waals surface area contributed by atoms with E-state index in [0.29, 0.717) is 19.3 Å². The van der Waals surface area contributed by atoms with E-state index in [2.05, 4.69) is 50.4 Å². The van der Waals surface area contributed by atoms with Gasteiger partial charge < -0.3 is 20.3 Å². The van der Waals surface area contributed by atoms with Gasteiger partial charge in [0.05, 0.1) is 25.2 Å². The van der Waals surface area contributed by atoms with Gasteiger partial charge in [-0.3, -0.25) is 9.59 Å². The molecular formula is C56H103NO5. The number of allylic oxidation sites excluding steroid dienone is 8. The molecule has 0 radical (unpaired) electrons. The molecule has 3 N–H and O–H groups in total. The van der Waals surface area contributed by atoms with Gasteiger partial charge in [0, 0.05) is 6.42 Å². The fourth-order valence-electron chi connectivity index (χ4n) is 8.21. The number of aliphatic hydroxyl groups excluding tert-OH is 2. The third-order valence-corrected chi connectivity index (χ3v) is 12.3. The van der Waals surface area contributed by atoms with Crippen molar-refractivity contribution in [1.29, 1.82) is 0 Å². The van der Waals surface area contributed by atoms with Crippen LogP contribution < -0.4 is 5.32 Å². The lowest BCUT2D eigenvalue weighted by Crippen LogP contribution is -2.46. The number of carbonyl (C=O) groups excluding carboxylic acids is 2. The van der Waals surface area contributed by atoms with Gasteiger partial charge in [-0.25, -0.2) is 0 Å². The molecule has 362 valence electrons. The molecule has 0 aliphatic carbocycles. The van der Waals surface area contributed by atoms with Gasteiger partial charge in [0.15, 0.2) is 0 Å². The number of hydrogen-bond donors (Lipinski definition) is 3. The molecule has 0 bridgehead atoms. The SMILES string of the molecule is CC/C=C/C=C/C=C/C=C\CCCCCC(CC(=O)NC(CO)C(O)CCCCCCCCCCCCCCCCC)OC(=O)CCCCCCCCCCCCCCCCC. The van der Waals surface area contributed by atoms with Gasteiger partial charge in [-0.15, -0.1) is 0 Å². The molecule has 6 nitrogen and oxygen atoms in total. The molecule has 0 aliphatic heterocycles. The number of unbranched alkanes of at least 4 members (excludes halogenated alkanes) is 31. The number of rotatable bonds is 48. The molecule has 3 atom stereocenters. The summed E-state index contributed by atoms with van der Waals surface area (Å²) < 4.78 is 5.92. The Morgan fingerprint density at radius 3 is 1.32 bits per heavy atom. The second-order valence-corrected chi connectivity index (χ2v) is 18.4. The van der Waals surface area contributed by atoms with Crippen molar-refractivity contribution in [3.63, 3.8) is 0 Å². The van der Waals surface area contributed by atoms with E-state index in [1.165, 1.54) is 154 Å². The highest BCUT2D eigenvalue weighted by Gasteiger charge is 2.24. The van der Waals surface area contributed by atoms with Crippen molar-refractivity contribution in [2.75, 3.05) is 6.61 Å². The van der Waals surface area contributed by atoms with Crippen LogP contribution in [0.15, 0.2) is 48.6 Å². The van der Waals surface area contributed by atoms with Crippen LogP contribution >= 0.6 is 0 Å². The summed E-state index contributed by atoms with van der Waals surface area (Å²) >= 11 is 0. The van der Waals surface area contributed by atoms with E-state index in [1.807, 2.05) is 24.3 Å². The van der Waals surface area contributed by atoms with Crippen LogP contribution in [-0.2, 0) is 14.3 Å². The number of carbonyl (C=O) groups is 2. The molecule has 0 aromatic rings. The molecule has 0 aliphatic rings. The van der Waals surface area contributed by atoms with E-state index < -0.39 is 18.2 Å². The summed E-state index contributed by atoms with van der Waals surface area (Å²) in [4.78, 5) is 26.2. The first kappa shape index (κ1) is 59.8. The highest BCUT2D eigenvalue weighted by atomic mass is 16.5. The standard InChI is InChI=1S/C56H103NO5/c1-4-7-10-13-16-19-22-25-27-30-33-36-39-42-45-48-54(59)53(51-58)57-55(60)50-52(47-44-41-38-35-32-29-24-21-18-15-12-9-6-3)62-56(61)49-46-43-40-37-34-31-28-26-23-20-17-14-11-8-5-2/h9,12,15,18,21,24,29,32,52-54,58-59H,4-8,10-11,13-14,16-17,19-20,22-23,25-28,30-31,33-51H2,1-3H3,(H,57,60)/b12-9+,18-15+,24-21+,32-29-. The van der Waals surface area contributed by atoms with Crippen LogP contribution in [0.1, 0.15) is 271 Å². The number of nitrogens with one attached hydrogen (secondary N) is 1. The van der Waals surface area contributed by atoms with E-state index in [-0.39, 0.29) is 24.9 Å². The highest BCUT2D eigenvalue weighted by molar-refractivity contribution is 5.77. The highest BCUT2D eigenvalue weighted by Crippen LogP contribution is 2.18. The largest absolute Gasteiger partial charge is 0.462 e. The topological polar surface area (TPSA) is 95.9 Å². The summed E-state index contributed by atoms with van der Waals surface area (Å²) in [7, 11) is 0. The molecule has 0 fully saturated rings. The first-order valence-electron chi connectivity index (χ1n) is 26.9. The normalized spacial score (nSPS) is 13.6. The Morgan fingerprint density at radius 2 is 0.871 bits per heavy atom. The Balaban J connectivity index is 4.57. The molecule has 6 heteroatoms. The smallest absolute Gasteiger partial charge is 0.306 e. The summed E-state index contributed by atoms with van der Waals surface area (Å²) in [6.07, 6.45) is 60.3. The first-order chi connectivity index (χ1) is 30.5. The minimum atomic E-state index is -0.797. The van der Waals surface area contributed by atoms with Crippen molar-refractivity contribution < 1.29 is 24.5 Å². The van der Waals surface area contributed by atoms with Gasteiger partial charge in [0.1, 0.15) is 6.10 Å². The van der Waals surface area contributed by atoms with Crippen LogP contribution in [0.4, 0.5) is 0 Å². The van der Waals surface area contributed by atoms with Crippen LogP contribution in [0.3, 0.4) is 0 Å². The van der Waals surface area contributed by atoms with Crippen LogP contribution in [0.25, 0.3) is 0 Å². The maximum absolute atomic E-state index is 13.2. The van der Waals surface area contributed by atoms with Gasteiger partial charge in [0.2, 0.25) is 5.91 Å². The zero-order chi connectivity index (χ0) is 45.2. The molecule has 0 saturated carbocycles. The second kappa shape index (κ2) is 49.8. The van der Waals surface area contributed by atoms with Crippen molar-refractivity contribution >= 4 is 11.9 Å². The van der Waals surface area contributed by atoms with Crippen LogP contribution in [0, 0.1) is 0 Å². The lowest BCUT2D eigenvalue weighted by atomic mass is 10.0. The molecule has 3 unspecified atom stereocenters. The predicted molar refractivity (Wildman–Crippen MR) is 269 cm³/mol. The zero-order valence-corrected chi connectivity index (χ0v) is 41.3. The molecule has 62 heavy (non-hydrogen) atoms. The Hall–Kier alpha value is -2.18. The fraction of sp³-hybridized carbons (Fsp3) is 0.821. The van der Waals surface area contributed by atoms with E-state index >= 15 is 0 Å². The summed E-state index contributed by atoms with van der Waals surface area (Å²) in [6.45, 7) is 6.35. The quantitative estimate of drug-likeness (QED) is 0.0322. The Labute approximate surface area is 385 Å². The summed E-state index contributed by atoms with van der Waals surface area (Å²) in [5, 5.41) is 23.8. The van der Waals surface area contributed by atoms with E-state index in [0.717, 1.165) is 70.6 Å². The number of aliphatic hydroxyl groups is 2. The number of amides is 1. The summed E-state index contributed by atoms with van der Waals surface area (Å²) in [5.41, 5.74) is 0. The Bertz CT molecular complexity index is 1070. The minimum Gasteiger partial charge on any atom is -0.462 e. The third kappa shape index (κ3) is 44.4. The number of hydrogen-bond acceptors (Lipinski definition) is 5. The predicted octanol–water partition coefficient (Wildman–Crippen LogP) is 16.2. The van der Waals surface area contributed by atoms with E-state index in [4.69, 9.17) is 4.74 Å². The van der Waals surface area contributed by atoms with E-state index in [9.17, 15) is 19.8 Å². The van der Waals surface area contributed by atoms with Gasteiger partial charge >= 0.3 is 5.97 Å². The third-order valence-electron chi connectivity index (χ3n) is 12.3. The molecule has 0 aromatic heterocycles. The molecule has 1 amide bonds. The van der Waals surface area contributed by atoms with Crippen molar-refractivity contribution in [3.8, 4) is 0 Å². The second-order valence-electron chi connectivity index (χ2n) is 18.4. The summed E-state index contributed by atoms with van der Waals surface area (Å²) in [5.74, 6) is -0.503. The van der Waals surface area contributed by atoms with Gasteiger partial charge in [-0.2, -0.15) is 0 Å². The summed E-state index contributed by atoms with van der Waals surface area (Å²) in [6, 6.07) is -0.713. The molecule has 0 rings (SSSR count). The molecule has 0 aromatic carbocycles. The zero-order valence-electron chi connectivity index (χ0n) is 41.3. The van der Waals surface area contributed by atoms with Gasteiger partial charge in [-0.05, 0) is 44.9 Å². The maximum atomic E-state index is 13.2. The van der Waals surface area contributed by atoms with Crippen LogP contribution in [0.2, 0.25) is 0 Å². The van der Waals surface area contributed by atoms with Crippen molar-refractivity contribution in [2.24, 2.45) is 0 Å². The van der Waals surface area contributed by atoms with Crippen LogP contribution in [-0.4, -0.2) is 46.9 Å². The van der Waals surface area contributed by atoms with Crippen molar-refractivity contribution in [3.05, 3.63) is 48.6 Å². The lowest BCUT2D eigenvalue weighted by molar-refractivity contribution is -0.151. The maximum Gasteiger partial charge on any atom is 0.306 e. The Morgan fingerprint density at radius 1 is 0.484 bits per heavy atom. The average Bonchev–Trinajstić information content (AvgIpc) is 3.26. The molecule has 0 spiro atoms. The average molecular weight is 870 g/mol. The van der Waals surface area contributed by atoms with Gasteiger partial charge in [0.25, 0.3) is 0 Å². The Kier molecular flexibility index (Phi) is 48.1. The lowest BCUT2D eigenvalue weighted by Gasteiger charge is -2.24. The van der Waals surface area contributed by atoms with Gasteiger partial charge in [-0.1, -0.05) is 262 Å². The first-order valence-corrected chi connectivity index (χ1v) is 26.9. The number of esters is 1. The minimum absolute atomic E-state index is 0.0540.